The highest BCUT2D eigenvalue weighted by atomic mass is 16.5. The van der Waals surface area contributed by atoms with Crippen LogP contribution in [0.5, 0.6) is 5.88 Å². The molecule has 3 heterocycles. The van der Waals surface area contributed by atoms with Gasteiger partial charge in [0.2, 0.25) is 5.88 Å². The van der Waals surface area contributed by atoms with Gasteiger partial charge in [-0.15, -0.1) is 0 Å². The number of rotatable bonds is 6. The summed E-state index contributed by atoms with van der Waals surface area (Å²) in [6, 6.07) is 23.9. The number of aromatic nitrogens is 3. The fraction of sp³-hybridized carbons (Fsp3) is 0.0800. The summed E-state index contributed by atoms with van der Waals surface area (Å²) in [5, 5.41) is 6.53. The molecular weight excluding hydrogens is 388 g/mol. The minimum atomic E-state index is 0.416. The van der Waals surface area contributed by atoms with E-state index in [0.29, 0.717) is 30.5 Å². The van der Waals surface area contributed by atoms with Gasteiger partial charge in [-0.3, -0.25) is 0 Å². The van der Waals surface area contributed by atoms with Crippen LogP contribution in [-0.4, -0.2) is 15.1 Å². The van der Waals surface area contributed by atoms with Crippen molar-refractivity contribution in [3.63, 3.8) is 0 Å². The first-order chi connectivity index (χ1) is 15.3. The van der Waals surface area contributed by atoms with E-state index in [0.717, 1.165) is 22.4 Å². The van der Waals surface area contributed by atoms with Crippen LogP contribution in [0.15, 0.2) is 89.7 Å². The van der Waals surface area contributed by atoms with Crippen LogP contribution in [0.2, 0.25) is 0 Å². The zero-order valence-electron chi connectivity index (χ0n) is 16.7. The van der Waals surface area contributed by atoms with Crippen LogP contribution in [-0.2, 0) is 13.0 Å². The summed E-state index contributed by atoms with van der Waals surface area (Å²) in [4.78, 5) is 8.52. The summed E-state index contributed by atoms with van der Waals surface area (Å²) in [5.74, 6) is 1.60. The highest BCUT2D eigenvalue weighted by molar-refractivity contribution is 5.85. The monoisotopic (exact) mass is 408 g/mol. The van der Waals surface area contributed by atoms with E-state index in [4.69, 9.17) is 15.0 Å². The highest BCUT2D eigenvalue weighted by Crippen LogP contribution is 2.25. The van der Waals surface area contributed by atoms with Gasteiger partial charge in [0.15, 0.2) is 5.76 Å². The molecule has 0 saturated heterocycles. The largest absolute Gasteiger partial charge is 0.473 e. The second-order valence-corrected chi connectivity index (χ2v) is 7.23. The molecule has 31 heavy (non-hydrogen) atoms. The summed E-state index contributed by atoms with van der Waals surface area (Å²) in [6.07, 6.45) is 4.04. The fourth-order valence-corrected chi connectivity index (χ4v) is 3.53. The quantitative estimate of drug-likeness (QED) is 0.424. The number of fused-ring (bicyclic) bond motifs is 1. The van der Waals surface area contributed by atoms with Crippen LogP contribution >= 0.6 is 0 Å². The van der Waals surface area contributed by atoms with E-state index in [-0.39, 0.29) is 0 Å². The number of anilines is 1. The second-order valence-electron chi connectivity index (χ2n) is 7.23. The maximum absolute atomic E-state index is 5.91. The molecule has 0 amide bonds. The van der Waals surface area contributed by atoms with Crippen molar-refractivity contribution >= 4 is 16.6 Å². The smallest absolute Gasteiger partial charge is 0.213 e. The van der Waals surface area contributed by atoms with Crippen molar-refractivity contribution < 1.29 is 9.26 Å². The number of ether oxygens (including phenoxy) is 1. The average molecular weight is 408 g/mol. The van der Waals surface area contributed by atoms with Gasteiger partial charge in [0.1, 0.15) is 12.4 Å². The summed E-state index contributed by atoms with van der Waals surface area (Å²) in [6.45, 7) is 0.465. The molecule has 0 atom stereocenters. The average Bonchev–Trinajstić information content (AvgIpc) is 3.27. The second kappa shape index (κ2) is 8.28. The van der Waals surface area contributed by atoms with Crippen LogP contribution in [0.3, 0.4) is 0 Å². The van der Waals surface area contributed by atoms with Gasteiger partial charge >= 0.3 is 0 Å². The molecule has 6 heteroatoms. The third-order valence-electron chi connectivity index (χ3n) is 5.10. The van der Waals surface area contributed by atoms with Crippen molar-refractivity contribution in [3.05, 3.63) is 102 Å². The van der Waals surface area contributed by atoms with Gasteiger partial charge in [-0.2, -0.15) is 0 Å². The van der Waals surface area contributed by atoms with Gasteiger partial charge in [-0.1, -0.05) is 53.7 Å². The Balaban J connectivity index is 1.25. The summed E-state index contributed by atoms with van der Waals surface area (Å²) >= 11 is 0. The lowest BCUT2D eigenvalue weighted by Gasteiger charge is -2.09. The van der Waals surface area contributed by atoms with E-state index in [1.165, 1.54) is 10.8 Å². The van der Waals surface area contributed by atoms with Gasteiger partial charge in [0.25, 0.3) is 0 Å². The van der Waals surface area contributed by atoms with E-state index in [2.05, 4.69) is 39.4 Å². The Bertz CT molecular complexity index is 1320. The number of benzene rings is 2. The summed E-state index contributed by atoms with van der Waals surface area (Å²) < 4.78 is 11.3. The molecule has 0 bridgehead atoms. The molecule has 0 spiro atoms. The van der Waals surface area contributed by atoms with E-state index >= 15 is 0 Å². The molecule has 0 saturated carbocycles. The molecule has 0 fully saturated rings. The number of hydrogen-bond acceptors (Lipinski definition) is 6. The van der Waals surface area contributed by atoms with Crippen LogP contribution < -0.4 is 10.5 Å². The third kappa shape index (κ3) is 4.09. The molecule has 0 aliphatic carbocycles. The van der Waals surface area contributed by atoms with Crippen LogP contribution in [0.25, 0.3) is 22.1 Å². The molecule has 5 rings (SSSR count). The highest BCUT2D eigenvalue weighted by Gasteiger charge is 2.11. The third-order valence-corrected chi connectivity index (χ3v) is 5.10. The SMILES string of the molecule is Nc1ncccc1-c1cc(Cc2ccc(OCc3cccc4ccccc34)nc2)no1. The van der Waals surface area contributed by atoms with Crippen LogP contribution in [0, 0.1) is 0 Å². The molecule has 2 aromatic carbocycles. The molecule has 6 nitrogen and oxygen atoms in total. The summed E-state index contributed by atoms with van der Waals surface area (Å²) in [5.41, 5.74) is 9.58. The molecule has 0 aliphatic rings. The molecule has 0 unspecified atom stereocenters. The number of pyridine rings is 2. The summed E-state index contributed by atoms with van der Waals surface area (Å²) in [7, 11) is 0. The molecule has 152 valence electrons. The lowest BCUT2D eigenvalue weighted by Crippen LogP contribution is -1.99. The normalized spacial score (nSPS) is 11.0. The Labute approximate surface area is 179 Å². The van der Waals surface area contributed by atoms with Gasteiger partial charge < -0.3 is 15.0 Å². The molecular formula is C25H20N4O2. The van der Waals surface area contributed by atoms with Gasteiger partial charge in [0, 0.05) is 30.9 Å². The Kier molecular flexibility index (Phi) is 5.02. The standard InChI is InChI=1S/C25H20N4O2/c26-25-22(9-4-12-27-25)23-14-20(29-31-23)13-17-10-11-24(28-15-17)30-16-19-7-3-6-18-5-1-2-8-21(18)19/h1-12,14-15H,13,16H2,(H2,26,27). The predicted molar refractivity (Wildman–Crippen MR) is 119 cm³/mol. The Morgan fingerprint density at radius 2 is 1.81 bits per heavy atom. The fourth-order valence-electron chi connectivity index (χ4n) is 3.53. The maximum atomic E-state index is 5.91. The molecule has 3 aromatic heterocycles. The Morgan fingerprint density at radius 3 is 2.68 bits per heavy atom. The van der Waals surface area contributed by atoms with Gasteiger partial charge in [-0.05, 0) is 34.0 Å². The van der Waals surface area contributed by atoms with Crippen molar-refractivity contribution in [3.8, 4) is 17.2 Å². The number of nitrogens with two attached hydrogens (primary N) is 1. The van der Waals surface area contributed by atoms with Crippen molar-refractivity contribution in [1.82, 2.24) is 15.1 Å². The van der Waals surface area contributed by atoms with E-state index in [1.54, 1.807) is 12.4 Å². The molecule has 0 aliphatic heterocycles. The van der Waals surface area contributed by atoms with Crippen LogP contribution in [0.4, 0.5) is 5.82 Å². The predicted octanol–water partition coefficient (Wildman–Crippen LogP) is 5.04. The topological polar surface area (TPSA) is 87.1 Å². The van der Waals surface area contributed by atoms with Gasteiger partial charge in [-0.25, -0.2) is 9.97 Å². The Morgan fingerprint density at radius 1 is 0.903 bits per heavy atom. The van der Waals surface area contributed by atoms with E-state index < -0.39 is 0 Å². The first kappa shape index (κ1) is 18.8. The van der Waals surface area contributed by atoms with Crippen LogP contribution in [0.1, 0.15) is 16.8 Å². The maximum Gasteiger partial charge on any atom is 0.213 e. The minimum Gasteiger partial charge on any atom is -0.473 e. The minimum absolute atomic E-state index is 0.416. The number of hydrogen-bond donors (Lipinski definition) is 1. The zero-order valence-corrected chi connectivity index (χ0v) is 16.7. The molecule has 0 radical (unpaired) electrons. The van der Waals surface area contributed by atoms with Gasteiger partial charge in [0.05, 0.1) is 11.3 Å². The van der Waals surface area contributed by atoms with Crippen molar-refractivity contribution in [2.45, 2.75) is 13.0 Å². The molecule has 2 N–H and O–H groups in total. The molecule has 5 aromatic rings. The number of nitrogen functional groups attached to an aromatic ring is 1. The number of nitrogens with zero attached hydrogens (tertiary/aromatic N) is 3. The first-order valence-electron chi connectivity index (χ1n) is 9.97. The lowest BCUT2D eigenvalue weighted by molar-refractivity contribution is 0.295. The first-order valence-corrected chi connectivity index (χ1v) is 9.97. The Hall–Kier alpha value is -4.19. The van der Waals surface area contributed by atoms with Crippen molar-refractivity contribution in [2.75, 3.05) is 5.73 Å². The van der Waals surface area contributed by atoms with E-state index in [1.807, 2.05) is 48.5 Å². The lowest BCUT2D eigenvalue weighted by atomic mass is 10.1. The van der Waals surface area contributed by atoms with Crippen molar-refractivity contribution in [2.24, 2.45) is 0 Å². The van der Waals surface area contributed by atoms with E-state index in [9.17, 15) is 0 Å². The zero-order chi connectivity index (χ0) is 21.0. The van der Waals surface area contributed by atoms with Crippen molar-refractivity contribution in [1.29, 1.82) is 0 Å².